The second-order valence-corrected chi connectivity index (χ2v) is 14.7. The van der Waals surface area contributed by atoms with E-state index in [1.54, 1.807) is 47.8 Å². The number of aromatic carboxylic acids is 1. The number of nitrogens with zero attached hydrogens (tertiary/aromatic N) is 2. The molecule has 8 atom stereocenters. The van der Waals surface area contributed by atoms with Gasteiger partial charge in [0.15, 0.2) is 0 Å². The van der Waals surface area contributed by atoms with Crippen molar-refractivity contribution in [3.05, 3.63) is 59.2 Å². The van der Waals surface area contributed by atoms with E-state index in [4.69, 9.17) is 12.8 Å². The van der Waals surface area contributed by atoms with E-state index in [1.807, 2.05) is 0 Å². The highest BCUT2D eigenvalue weighted by molar-refractivity contribution is 8.08. The summed E-state index contributed by atoms with van der Waals surface area (Å²) in [6, 6.07) is 11.1. The number of rotatable bonds is 3. The van der Waals surface area contributed by atoms with E-state index in [1.165, 1.54) is 23.1 Å². The van der Waals surface area contributed by atoms with Crippen molar-refractivity contribution < 1.29 is 29.1 Å². The third-order valence-electron chi connectivity index (χ3n) is 9.46. The summed E-state index contributed by atoms with van der Waals surface area (Å²) in [5, 5.41) is 10.1. The van der Waals surface area contributed by atoms with E-state index >= 15 is 0 Å². The lowest BCUT2D eigenvalue weighted by atomic mass is 9.79. The van der Waals surface area contributed by atoms with Crippen LogP contribution < -0.4 is 9.80 Å². The Balaban J connectivity index is 1.10. The van der Waals surface area contributed by atoms with Crippen LogP contribution in [-0.4, -0.2) is 55.7 Å². The molecule has 2 aliphatic carbocycles. The van der Waals surface area contributed by atoms with Crippen molar-refractivity contribution in [2.24, 2.45) is 23.7 Å². The molecule has 3 saturated heterocycles. The molecule has 7 rings (SSSR count). The Morgan fingerprint density at radius 1 is 0.674 bits per heavy atom. The second-order valence-electron chi connectivity index (χ2n) is 11.7. The zero-order valence-corrected chi connectivity index (χ0v) is 24.5. The van der Waals surface area contributed by atoms with Crippen LogP contribution in [0.25, 0.3) is 0 Å². The Hall–Kier alpha value is -3.99. The smallest absolute Gasteiger partial charge is 0.335 e. The van der Waals surface area contributed by atoms with Gasteiger partial charge < -0.3 is 5.11 Å². The molecule has 1 N–H and O–H groups in total. The van der Waals surface area contributed by atoms with E-state index in [2.05, 4.69) is 11.8 Å². The summed E-state index contributed by atoms with van der Waals surface area (Å²) < 4.78 is 0. The zero-order valence-electron chi connectivity index (χ0n) is 22.8. The summed E-state index contributed by atoms with van der Waals surface area (Å²) in [7, 11) is 0. The summed E-state index contributed by atoms with van der Waals surface area (Å²) in [5.41, 5.74) is 1.51. The number of carbonyl (C=O) groups excluding carboxylic acids is 4. The molecule has 8 nitrogen and oxygen atoms in total. The maximum absolute atomic E-state index is 13.6. The van der Waals surface area contributed by atoms with Crippen LogP contribution in [0.3, 0.4) is 0 Å². The normalized spacial score (nSPS) is 32.8. The molecule has 0 bridgehead atoms. The third kappa shape index (κ3) is 4.39. The highest BCUT2D eigenvalue weighted by Crippen LogP contribution is 2.57. The van der Waals surface area contributed by atoms with Crippen LogP contribution in [0.1, 0.15) is 47.2 Å². The number of imide groups is 2. The number of hydrogen-bond donors (Lipinski definition) is 1. The van der Waals surface area contributed by atoms with Gasteiger partial charge in [-0.1, -0.05) is 17.9 Å². The van der Waals surface area contributed by atoms with E-state index in [0.29, 0.717) is 36.9 Å². The Labute approximate surface area is 256 Å². The zero-order chi connectivity index (χ0) is 30.2. The number of hydrogen-bond acceptors (Lipinski definition) is 7. The van der Waals surface area contributed by atoms with Crippen LogP contribution in [0.5, 0.6) is 0 Å². The van der Waals surface area contributed by atoms with Crippen LogP contribution in [-0.2, 0) is 19.2 Å². The van der Waals surface area contributed by atoms with Gasteiger partial charge in [-0.05, 0) is 62.1 Å². The maximum Gasteiger partial charge on any atom is 0.335 e. The van der Waals surface area contributed by atoms with Gasteiger partial charge in [-0.15, -0.1) is 12.8 Å². The fourth-order valence-corrected chi connectivity index (χ4v) is 11.5. The highest BCUT2D eigenvalue weighted by atomic mass is 32.2. The monoisotopic (exact) mass is 610 g/mol. The molecule has 0 spiro atoms. The van der Waals surface area contributed by atoms with Crippen LogP contribution in [0.4, 0.5) is 11.4 Å². The summed E-state index contributed by atoms with van der Waals surface area (Å²) in [6.07, 6.45) is 13.3. The number of benzene rings is 2. The predicted octanol–water partition coefficient (Wildman–Crippen LogP) is 3.80. The highest BCUT2D eigenvalue weighted by Gasteiger charge is 2.59. The van der Waals surface area contributed by atoms with Gasteiger partial charge in [-0.25, -0.2) is 9.69 Å². The van der Waals surface area contributed by atoms with Crippen molar-refractivity contribution in [2.45, 2.75) is 46.7 Å². The van der Waals surface area contributed by atoms with Crippen molar-refractivity contribution in [3.63, 3.8) is 0 Å². The maximum atomic E-state index is 13.6. The van der Waals surface area contributed by atoms with Crippen molar-refractivity contribution in [2.75, 3.05) is 9.80 Å². The fraction of sp³-hybridized carbons (Fsp3) is 0.364. The molecule has 0 aromatic heterocycles. The fourth-order valence-electron chi connectivity index (χ4n) is 7.45. The number of thioether (sulfide) groups is 2. The topological polar surface area (TPSA) is 112 Å². The van der Waals surface area contributed by atoms with E-state index in [0.717, 1.165) is 4.90 Å². The number of carbonyl (C=O) groups is 5. The van der Waals surface area contributed by atoms with Gasteiger partial charge in [0.2, 0.25) is 23.6 Å². The lowest BCUT2D eigenvalue weighted by Crippen LogP contribution is -2.47. The molecule has 43 heavy (non-hydrogen) atoms. The van der Waals surface area contributed by atoms with Crippen molar-refractivity contribution in [1.82, 2.24) is 0 Å². The Kier molecular flexibility index (Phi) is 6.68. The summed E-state index contributed by atoms with van der Waals surface area (Å²) in [4.78, 5) is 68.4. The minimum absolute atomic E-state index is 0.0817. The van der Waals surface area contributed by atoms with Crippen LogP contribution in [0.15, 0.2) is 42.5 Å². The van der Waals surface area contributed by atoms with E-state index in [9.17, 15) is 29.1 Å². The van der Waals surface area contributed by atoms with Crippen LogP contribution in [0.2, 0.25) is 0 Å². The predicted molar refractivity (Wildman–Crippen MR) is 163 cm³/mol. The Morgan fingerprint density at radius 2 is 1.12 bits per heavy atom. The number of carboxylic acid groups (broad SMARTS) is 1. The lowest BCUT2D eigenvalue weighted by molar-refractivity contribution is -0.124. The Morgan fingerprint density at radius 3 is 1.56 bits per heavy atom. The standard InChI is InChI=1S/C33H26N2O6S2/c1-3-16-6-5-7-19(9-16)34-29(36)21-12-25-26(13-22(21)30(34)37)43-28-15-24-23(14-27(28)42-25)31(38)35(32(24)39)20-10-17(4-2)8-18(11-20)33(40)41/h1-2,5-11,21-28H,12-15H2,(H,40,41). The first-order valence-corrected chi connectivity index (χ1v) is 16.0. The van der Waals surface area contributed by atoms with E-state index < -0.39 is 17.8 Å². The van der Waals surface area contributed by atoms with Crippen LogP contribution in [0, 0.1) is 48.4 Å². The van der Waals surface area contributed by atoms with Crippen molar-refractivity contribution >= 4 is 64.5 Å². The SMILES string of the molecule is C#Cc1cccc(N2C(=O)C3CC4SC5CC6C(=O)N(c7cc(C#C)cc(C(=O)O)c7)C(=O)C6CC5SC4CC3C2=O)c1. The molecule has 0 radical (unpaired) electrons. The first kappa shape index (κ1) is 27.8. The molecule has 2 aromatic carbocycles. The minimum Gasteiger partial charge on any atom is -0.478 e. The molecule has 10 heteroatoms. The average Bonchev–Trinajstić information content (AvgIpc) is 3.40. The van der Waals surface area contributed by atoms with Gasteiger partial charge in [0.1, 0.15) is 0 Å². The molecule has 2 saturated carbocycles. The largest absolute Gasteiger partial charge is 0.478 e. The molecular formula is C33H26N2O6S2. The van der Waals surface area contributed by atoms with Gasteiger partial charge in [-0.3, -0.25) is 24.1 Å². The average molecular weight is 611 g/mol. The molecule has 2 aromatic rings. The molecule has 5 fully saturated rings. The molecule has 8 unspecified atom stereocenters. The van der Waals surface area contributed by atoms with Gasteiger partial charge in [-0.2, -0.15) is 23.5 Å². The Bertz CT molecular complexity index is 1650. The van der Waals surface area contributed by atoms with E-state index in [-0.39, 0.29) is 73.3 Å². The van der Waals surface area contributed by atoms with Gasteiger partial charge in [0.05, 0.1) is 40.6 Å². The molecule has 5 aliphatic rings. The number of fused-ring (bicyclic) bond motifs is 4. The number of terminal acetylenes is 2. The molecule has 3 heterocycles. The quantitative estimate of drug-likeness (QED) is 0.413. The van der Waals surface area contributed by atoms with Crippen LogP contribution >= 0.6 is 23.5 Å². The van der Waals surface area contributed by atoms with Gasteiger partial charge in [0, 0.05) is 32.1 Å². The molecule has 3 aliphatic heterocycles. The first-order valence-electron chi connectivity index (χ1n) is 14.2. The number of carboxylic acids is 1. The molecular weight excluding hydrogens is 585 g/mol. The third-order valence-corrected chi connectivity index (χ3v) is 13.3. The summed E-state index contributed by atoms with van der Waals surface area (Å²) in [6.45, 7) is 0. The minimum atomic E-state index is -1.19. The van der Waals surface area contributed by atoms with Crippen molar-refractivity contribution in [1.29, 1.82) is 0 Å². The van der Waals surface area contributed by atoms with Gasteiger partial charge in [0.25, 0.3) is 0 Å². The first-order chi connectivity index (χ1) is 20.7. The lowest BCUT2D eigenvalue weighted by Gasteiger charge is -2.48. The van der Waals surface area contributed by atoms with Crippen molar-refractivity contribution in [3.8, 4) is 24.7 Å². The number of amides is 4. The number of anilines is 2. The molecule has 216 valence electrons. The molecule has 4 amide bonds. The second kappa shape index (κ2) is 10.3. The summed E-state index contributed by atoms with van der Waals surface area (Å²) in [5.74, 6) is 1.01. The van der Waals surface area contributed by atoms with Gasteiger partial charge >= 0.3 is 5.97 Å². The summed E-state index contributed by atoms with van der Waals surface area (Å²) >= 11 is 3.60.